The fraction of sp³-hybridized carbons (Fsp3) is 0.200. The van der Waals surface area contributed by atoms with Crippen LogP contribution in [-0.2, 0) is 9.53 Å². The van der Waals surface area contributed by atoms with E-state index in [9.17, 15) is 9.59 Å². The Morgan fingerprint density at radius 3 is 2.48 bits per heavy atom. The van der Waals surface area contributed by atoms with Crippen LogP contribution in [0.3, 0.4) is 0 Å². The maximum absolute atomic E-state index is 12.0. The Labute approximate surface area is 151 Å². The van der Waals surface area contributed by atoms with Crippen molar-refractivity contribution in [2.24, 2.45) is 0 Å². The molecule has 2 aromatic carbocycles. The number of Topliss-reactive ketones (excluding diaryl/α,β-unsaturated/α-hetero) is 1. The molecule has 0 N–H and O–H groups in total. The molecule has 0 saturated carbocycles. The second-order valence-electron chi connectivity index (χ2n) is 5.06. The Balaban J connectivity index is 1.90. The number of carbonyl (C=O) groups excluding carboxylic acids is 2. The number of ether oxygens (including phenoxy) is 2. The van der Waals surface area contributed by atoms with Crippen LogP contribution in [0.4, 0.5) is 0 Å². The number of hydrogen-bond acceptors (Lipinski definition) is 5. The predicted molar refractivity (Wildman–Crippen MR) is 100 cm³/mol. The molecule has 2 aromatic rings. The topological polar surface area (TPSA) is 52.6 Å². The number of rotatable bonds is 8. The van der Waals surface area contributed by atoms with Crippen LogP contribution >= 0.6 is 11.8 Å². The molecule has 5 heteroatoms. The van der Waals surface area contributed by atoms with E-state index in [4.69, 9.17) is 9.47 Å². The fourth-order valence-electron chi connectivity index (χ4n) is 2.11. The molecule has 0 saturated heterocycles. The molecule has 0 atom stereocenters. The number of hydrogen-bond donors (Lipinski definition) is 0. The highest BCUT2D eigenvalue weighted by Gasteiger charge is 2.08. The minimum atomic E-state index is -0.569. The van der Waals surface area contributed by atoms with Gasteiger partial charge in [-0.05, 0) is 37.5 Å². The average Bonchev–Trinajstić information content (AvgIpc) is 2.65. The second-order valence-corrected chi connectivity index (χ2v) is 5.94. The Hall–Kier alpha value is -2.53. The van der Waals surface area contributed by atoms with E-state index in [0.717, 1.165) is 10.5 Å². The second kappa shape index (κ2) is 9.69. The summed E-state index contributed by atoms with van der Waals surface area (Å²) in [6, 6.07) is 14.6. The van der Waals surface area contributed by atoms with Gasteiger partial charge in [0, 0.05) is 22.1 Å². The predicted octanol–water partition coefficient (Wildman–Crippen LogP) is 4.25. The monoisotopic (exact) mass is 356 g/mol. The molecule has 4 nitrogen and oxygen atoms in total. The fourth-order valence-corrected chi connectivity index (χ4v) is 2.52. The van der Waals surface area contributed by atoms with E-state index in [2.05, 4.69) is 0 Å². The van der Waals surface area contributed by atoms with Gasteiger partial charge in [0.1, 0.15) is 5.75 Å². The highest BCUT2D eigenvalue weighted by atomic mass is 32.2. The summed E-state index contributed by atoms with van der Waals surface area (Å²) < 4.78 is 10.5. The van der Waals surface area contributed by atoms with E-state index in [1.165, 1.54) is 6.08 Å². The van der Waals surface area contributed by atoms with Gasteiger partial charge in [0.15, 0.2) is 12.4 Å². The summed E-state index contributed by atoms with van der Waals surface area (Å²) in [4.78, 5) is 24.9. The molecule has 0 bridgehead atoms. The van der Waals surface area contributed by atoms with Gasteiger partial charge in [-0.15, -0.1) is 11.8 Å². The first-order valence-electron chi connectivity index (χ1n) is 7.88. The molecule has 0 fully saturated rings. The lowest BCUT2D eigenvalue weighted by molar-refractivity contribution is -0.136. The highest BCUT2D eigenvalue weighted by Crippen LogP contribution is 2.19. The molecule has 0 aliphatic heterocycles. The van der Waals surface area contributed by atoms with Gasteiger partial charge in [-0.2, -0.15) is 0 Å². The van der Waals surface area contributed by atoms with Crippen LogP contribution in [0, 0.1) is 0 Å². The van der Waals surface area contributed by atoms with Gasteiger partial charge in [0.25, 0.3) is 0 Å². The molecule has 2 rings (SSSR count). The van der Waals surface area contributed by atoms with Crippen molar-refractivity contribution in [3.63, 3.8) is 0 Å². The first-order chi connectivity index (χ1) is 12.1. The number of thioether (sulfide) groups is 1. The van der Waals surface area contributed by atoms with E-state index in [0.29, 0.717) is 17.9 Å². The molecule has 0 heterocycles. The summed E-state index contributed by atoms with van der Waals surface area (Å²) in [6.07, 6.45) is 4.88. The van der Waals surface area contributed by atoms with E-state index in [1.807, 2.05) is 49.6 Å². The van der Waals surface area contributed by atoms with Gasteiger partial charge in [-0.3, -0.25) is 4.79 Å². The smallest absolute Gasteiger partial charge is 0.331 e. The van der Waals surface area contributed by atoms with Crippen molar-refractivity contribution in [2.75, 3.05) is 19.5 Å². The third kappa shape index (κ3) is 5.80. The Bertz CT molecular complexity index is 751. The van der Waals surface area contributed by atoms with Crippen molar-refractivity contribution in [1.29, 1.82) is 0 Å². The highest BCUT2D eigenvalue weighted by molar-refractivity contribution is 7.98. The summed E-state index contributed by atoms with van der Waals surface area (Å²) in [5, 5.41) is 0. The summed E-state index contributed by atoms with van der Waals surface area (Å²) in [6.45, 7) is 2.15. The first kappa shape index (κ1) is 18.8. The summed E-state index contributed by atoms with van der Waals surface area (Å²) in [7, 11) is 0. The summed E-state index contributed by atoms with van der Waals surface area (Å²) in [5.41, 5.74) is 1.30. The molecular weight excluding hydrogens is 336 g/mol. The first-order valence-corrected chi connectivity index (χ1v) is 9.10. The maximum Gasteiger partial charge on any atom is 0.331 e. The van der Waals surface area contributed by atoms with Gasteiger partial charge in [-0.25, -0.2) is 4.79 Å². The van der Waals surface area contributed by atoms with Crippen LogP contribution in [0.1, 0.15) is 22.8 Å². The summed E-state index contributed by atoms with van der Waals surface area (Å²) >= 11 is 1.60. The van der Waals surface area contributed by atoms with Gasteiger partial charge < -0.3 is 9.47 Å². The molecule has 25 heavy (non-hydrogen) atoms. The zero-order valence-electron chi connectivity index (χ0n) is 14.2. The minimum absolute atomic E-state index is 0.232. The Kier molecular flexibility index (Phi) is 7.29. The van der Waals surface area contributed by atoms with Crippen LogP contribution < -0.4 is 4.74 Å². The van der Waals surface area contributed by atoms with Crippen LogP contribution in [0.15, 0.2) is 59.5 Å². The standard InChI is InChI=1S/C20H20O4S/c1-3-23-19-7-5-4-6-16(19)10-13-20(22)24-14-18(21)15-8-11-17(25-2)12-9-15/h4-13H,3,14H2,1-2H3/b13-10+. The zero-order valence-corrected chi connectivity index (χ0v) is 15.0. The van der Waals surface area contributed by atoms with Crippen LogP contribution in [0.2, 0.25) is 0 Å². The molecule has 0 aromatic heterocycles. The van der Waals surface area contributed by atoms with Crippen molar-refractivity contribution < 1.29 is 19.1 Å². The molecule has 0 unspecified atom stereocenters. The third-order valence-electron chi connectivity index (χ3n) is 3.38. The lowest BCUT2D eigenvalue weighted by atomic mass is 10.1. The van der Waals surface area contributed by atoms with Crippen molar-refractivity contribution in [1.82, 2.24) is 0 Å². The number of benzene rings is 2. The number of ketones is 1. The molecule has 0 amide bonds. The van der Waals surface area contributed by atoms with Gasteiger partial charge in [0.05, 0.1) is 6.61 Å². The lowest BCUT2D eigenvalue weighted by Crippen LogP contribution is -2.12. The normalized spacial score (nSPS) is 10.6. The maximum atomic E-state index is 12.0. The molecule has 0 spiro atoms. The van der Waals surface area contributed by atoms with Gasteiger partial charge in [-0.1, -0.05) is 30.3 Å². The van der Waals surface area contributed by atoms with E-state index in [-0.39, 0.29) is 12.4 Å². The van der Waals surface area contributed by atoms with E-state index < -0.39 is 5.97 Å². The number of carbonyl (C=O) groups is 2. The third-order valence-corrected chi connectivity index (χ3v) is 4.12. The van der Waals surface area contributed by atoms with Crippen LogP contribution in [-0.4, -0.2) is 31.2 Å². The Morgan fingerprint density at radius 1 is 1.08 bits per heavy atom. The summed E-state index contributed by atoms with van der Waals surface area (Å²) in [5.74, 6) is -0.108. The number of para-hydroxylation sites is 1. The van der Waals surface area contributed by atoms with Crippen molar-refractivity contribution in [3.05, 3.63) is 65.7 Å². The van der Waals surface area contributed by atoms with Crippen molar-refractivity contribution >= 4 is 29.6 Å². The SMILES string of the molecule is CCOc1ccccc1/C=C/C(=O)OCC(=O)c1ccc(SC)cc1. The van der Waals surface area contributed by atoms with E-state index in [1.54, 1.807) is 30.0 Å². The van der Waals surface area contributed by atoms with Gasteiger partial charge in [0.2, 0.25) is 0 Å². The zero-order chi connectivity index (χ0) is 18.1. The minimum Gasteiger partial charge on any atom is -0.493 e. The average molecular weight is 356 g/mol. The van der Waals surface area contributed by atoms with Gasteiger partial charge >= 0.3 is 5.97 Å². The molecule has 130 valence electrons. The van der Waals surface area contributed by atoms with Crippen molar-refractivity contribution in [2.45, 2.75) is 11.8 Å². The molecule has 0 aliphatic rings. The van der Waals surface area contributed by atoms with Crippen LogP contribution in [0.5, 0.6) is 5.75 Å². The number of esters is 1. The molecule has 0 radical (unpaired) electrons. The largest absolute Gasteiger partial charge is 0.493 e. The quantitative estimate of drug-likeness (QED) is 0.306. The van der Waals surface area contributed by atoms with E-state index >= 15 is 0 Å². The molecule has 0 aliphatic carbocycles. The lowest BCUT2D eigenvalue weighted by Gasteiger charge is -2.06. The van der Waals surface area contributed by atoms with Crippen LogP contribution in [0.25, 0.3) is 6.08 Å². The molecular formula is C20H20O4S. The Morgan fingerprint density at radius 2 is 1.80 bits per heavy atom. The van der Waals surface area contributed by atoms with Crippen molar-refractivity contribution in [3.8, 4) is 5.75 Å².